The smallest absolute Gasteiger partial charge is 0.220 e. The lowest BCUT2D eigenvalue weighted by Gasteiger charge is -2.19. The second-order valence-electron chi connectivity index (χ2n) is 4.74. The third-order valence-corrected chi connectivity index (χ3v) is 3.57. The van der Waals surface area contributed by atoms with Crippen LogP contribution in [0, 0.1) is 0 Å². The Hall–Kier alpha value is -1.35. The number of hydrogen-bond donors (Lipinski definition) is 0. The zero-order valence-electron chi connectivity index (χ0n) is 9.47. The third kappa shape index (κ3) is 1.61. The van der Waals surface area contributed by atoms with Crippen LogP contribution < -0.4 is 0 Å². The van der Waals surface area contributed by atoms with Gasteiger partial charge in [-0.25, -0.2) is 0 Å². The van der Waals surface area contributed by atoms with Crippen molar-refractivity contribution in [3.8, 4) is 0 Å². The molecule has 0 spiro atoms. The summed E-state index contributed by atoms with van der Waals surface area (Å²) in [5.74, 6) is 0.231. The second kappa shape index (κ2) is 3.59. The summed E-state index contributed by atoms with van der Waals surface area (Å²) in [5.41, 5.74) is 1.36. The fraction of sp³-hybridized carbons (Fsp3) is 0.462. The first-order valence-electron chi connectivity index (χ1n) is 5.81. The summed E-state index contributed by atoms with van der Waals surface area (Å²) >= 11 is 0. The molecule has 0 aliphatic carbocycles. The van der Waals surface area contributed by atoms with E-state index in [1.807, 2.05) is 11.0 Å². The molecule has 2 atom stereocenters. The number of rotatable bonds is 2. The number of likely N-dealkylation sites (tertiary alicyclic amines) is 1. The minimum Gasteiger partial charge on any atom is -0.330 e. The Bertz CT molecular complexity index is 392. The van der Waals surface area contributed by atoms with E-state index in [4.69, 9.17) is 0 Å². The van der Waals surface area contributed by atoms with Gasteiger partial charge in [0.15, 0.2) is 0 Å². The maximum absolute atomic E-state index is 11.2. The number of benzene rings is 1. The molecule has 2 fully saturated rings. The van der Waals surface area contributed by atoms with Gasteiger partial charge in [-0.1, -0.05) is 30.3 Å². The standard InChI is InChI=1S/C13H16N2O/c1-10(16)15-12-8-14(9-13(12)15)7-11-5-3-2-4-6-11/h2-6,12-13H,7-9H2,1H3/t12-,13+,15?. The van der Waals surface area contributed by atoms with E-state index in [1.54, 1.807) is 6.92 Å². The maximum Gasteiger partial charge on any atom is 0.220 e. The lowest BCUT2D eigenvalue weighted by Crippen LogP contribution is -2.30. The molecule has 2 aliphatic rings. The molecule has 16 heavy (non-hydrogen) atoms. The highest BCUT2D eigenvalue weighted by Gasteiger charge is 2.54. The van der Waals surface area contributed by atoms with Gasteiger partial charge in [-0.2, -0.15) is 0 Å². The Morgan fingerprint density at radius 2 is 1.88 bits per heavy atom. The van der Waals surface area contributed by atoms with E-state index < -0.39 is 0 Å². The summed E-state index contributed by atoms with van der Waals surface area (Å²) in [4.78, 5) is 15.6. The third-order valence-electron chi connectivity index (χ3n) is 3.57. The van der Waals surface area contributed by atoms with Crippen molar-refractivity contribution in [2.75, 3.05) is 13.1 Å². The zero-order valence-corrected chi connectivity index (χ0v) is 9.47. The number of fused-ring (bicyclic) bond motifs is 1. The monoisotopic (exact) mass is 216 g/mol. The Labute approximate surface area is 95.7 Å². The second-order valence-corrected chi connectivity index (χ2v) is 4.74. The van der Waals surface area contributed by atoms with Crippen LogP contribution in [0.25, 0.3) is 0 Å². The highest BCUT2D eigenvalue weighted by atomic mass is 16.2. The van der Waals surface area contributed by atoms with Crippen LogP contribution in [0.3, 0.4) is 0 Å². The van der Waals surface area contributed by atoms with Crippen molar-refractivity contribution in [2.24, 2.45) is 0 Å². The van der Waals surface area contributed by atoms with Crippen molar-refractivity contribution in [1.29, 1.82) is 0 Å². The quantitative estimate of drug-likeness (QED) is 0.691. The Kier molecular flexibility index (Phi) is 2.21. The zero-order chi connectivity index (χ0) is 11.1. The van der Waals surface area contributed by atoms with Crippen molar-refractivity contribution in [1.82, 2.24) is 9.80 Å². The molecule has 3 rings (SSSR count). The fourth-order valence-electron chi connectivity index (χ4n) is 2.80. The molecule has 2 saturated heterocycles. The molecule has 0 N–H and O–H groups in total. The van der Waals surface area contributed by atoms with Crippen LogP contribution in [0.15, 0.2) is 30.3 Å². The van der Waals surface area contributed by atoms with Crippen LogP contribution >= 0.6 is 0 Å². The van der Waals surface area contributed by atoms with Gasteiger partial charge in [0.2, 0.25) is 5.91 Å². The number of piperazine rings is 1. The molecule has 0 radical (unpaired) electrons. The summed E-state index contributed by atoms with van der Waals surface area (Å²) < 4.78 is 0. The van der Waals surface area contributed by atoms with Gasteiger partial charge >= 0.3 is 0 Å². The molecule has 84 valence electrons. The first-order chi connectivity index (χ1) is 7.75. The summed E-state index contributed by atoms with van der Waals surface area (Å²) in [7, 11) is 0. The Balaban J connectivity index is 1.57. The Morgan fingerprint density at radius 3 is 2.44 bits per heavy atom. The molecule has 0 bridgehead atoms. The Morgan fingerprint density at radius 1 is 1.25 bits per heavy atom. The first kappa shape index (κ1) is 9.85. The number of nitrogens with zero attached hydrogens (tertiary/aromatic N) is 2. The molecular weight excluding hydrogens is 200 g/mol. The molecule has 0 aromatic heterocycles. The molecule has 0 saturated carbocycles. The van der Waals surface area contributed by atoms with Gasteiger partial charge in [-0.15, -0.1) is 0 Å². The predicted molar refractivity (Wildman–Crippen MR) is 61.8 cm³/mol. The van der Waals surface area contributed by atoms with Gasteiger partial charge in [0.1, 0.15) is 0 Å². The largest absolute Gasteiger partial charge is 0.330 e. The van der Waals surface area contributed by atoms with Crippen molar-refractivity contribution in [3.05, 3.63) is 35.9 Å². The molecule has 3 heteroatoms. The van der Waals surface area contributed by atoms with Gasteiger partial charge < -0.3 is 4.90 Å². The van der Waals surface area contributed by atoms with Crippen LogP contribution in [0.5, 0.6) is 0 Å². The summed E-state index contributed by atoms with van der Waals surface area (Å²) in [5, 5.41) is 0. The van der Waals surface area contributed by atoms with Crippen molar-refractivity contribution in [3.63, 3.8) is 0 Å². The van der Waals surface area contributed by atoms with Crippen LogP contribution in [-0.2, 0) is 11.3 Å². The van der Waals surface area contributed by atoms with Gasteiger partial charge in [-0.3, -0.25) is 9.69 Å². The lowest BCUT2D eigenvalue weighted by molar-refractivity contribution is -0.124. The van der Waals surface area contributed by atoms with E-state index in [0.717, 1.165) is 19.6 Å². The average Bonchev–Trinajstić information content (AvgIpc) is 2.79. The molecule has 1 aromatic rings. The highest BCUT2D eigenvalue weighted by molar-refractivity contribution is 5.77. The van der Waals surface area contributed by atoms with Gasteiger partial charge in [0.05, 0.1) is 12.1 Å². The average molecular weight is 216 g/mol. The van der Waals surface area contributed by atoms with Crippen LogP contribution in [0.2, 0.25) is 0 Å². The molecule has 0 unspecified atom stereocenters. The summed E-state index contributed by atoms with van der Waals surface area (Å²) in [6, 6.07) is 11.5. The summed E-state index contributed by atoms with van der Waals surface area (Å²) in [6.07, 6.45) is 0. The van der Waals surface area contributed by atoms with Gasteiger partial charge in [0.25, 0.3) is 0 Å². The van der Waals surface area contributed by atoms with Crippen molar-refractivity contribution < 1.29 is 4.79 Å². The fourth-order valence-corrected chi connectivity index (χ4v) is 2.80. The molecule has 1 aromatic carbocycles. The molecule has 1 amide bonds. The first-order valence-corrected chi connectivity index (χ1v) is 5.81. The van der Waals surface area contributed by atoms with E-state index in [1.165, 1.54) is 5.56 Å². The van der Waals surface area contributed by atoms with Crippen molar-refractivity contribution in [2.45, 2.75) is 25.6 Å². The van der Waals surface area contributed by atoms with Gasteiger partial charge in [0, 0.05) is 26.6 Å². The number of amides is 1. The van der Waals surface area contributed by atoms with E-state index in [0.29, 0.717) is 12.1 Å². The maximum atomic E-state index is 11.2. The molecule has 3 nitrogen and oxygen atoms in total. The van der Waals surface area contributed by atoms with Crippen molar-refractivity contribution >= 4 is 5.91 Å². The lowest BCUT2D eigenvalue weighted by atomic mass is 10.2. The van der Waals surface area contributed by atoms with Crippen LogP contribution in [0.4, 0.5) is 0 Å². The topological polar surface area (TPSA) is 23.3 Å². The number of hydrogen-bond acceptors (Lipinski definition) is 2. The van der Waals surface area contributed by atoms with Crippen LogP contribution in [-0.4, -0.2) is 40.9 Å². The summed E-state index contributed by atoms with van der Waals surface area (Å²) in [6.45, 7) is 4.76. The minimum atomic E-state index is 0.231. The SMILES string of the molecule is CC(=O)N1[C@@H]2CN(Cc3ccccc3)C[C@@H]21. The molecular formula is C13H16N2O. The molecule has 2 aliphatic heterocycles. The van der Waals surface area contributed by atoms with E-state index in [9.17, 15) is 4.79 Å². The highest BCUT2D eigenvalue weighted by Crippen LogP contribution is 2.35. The van der Waals surface area contributed by atoms with E-state index >= 15 is 0 Å². The molecule has 2 heterocycles. The number of carbonyl (C=O) groups is 1. The minimum absolute atomic E-state index is 0.231. The normalized spacial score (nSPS) is 27.9. The van der Waals surface area contributed by atoms with Crippen LogP contribution in [0.1, 0.15) is 12.5 Å². The number of carbonyl (C=O) groups excluding carboxylic acids is 1. The van der Waals surface area contributed by atoms with Gasteiger partial charge in [-0.05, 0) is 5.56 Å². The predicted octanol–water partition coefficient (Wildman–Crippen LogP) is 1.10. The van der Waals surface area contributed by atoms with E-state index in [2.05, 4.69) is 29.2 Å². The van der Waals surface area contributed by atoms with E-state index in [-0.39, 0.29) is 5.91 Å².